The number of hydrogen-bond donors (Lipinski definition) is 2. The molecule has 1 aliphatic rings. The number of nitrogens with one attached hydrogen (secondary N) is 2. The van der Waals surface area contributed by atoms with Crippen molar-refractivity contribution in [2.45, 2.75) is 23.8 Å². The van der Waals surface area contributed by atoms with Crippen molar-refractivity contribution in [2.24, 2.45) is 0 Å². The molecule has 106 valence electrons. The molecule has 1 atom stereocenters. The Hall–Kier alpha value is -0.400. The lowest BCUT2D eigenvalue weighted by Gasteiger charge is -2.13. The van der Waals surface area contributed by atoms with Gasteiger partial charge in [0.25, 0.3) is 0 Å². The fraction of sp³-hybridized carbons (Fsp3) is 0.455. The van der Waals surface area contributed by atoms with Crippen LogP contribution in [0.1, 0.15) is 12.8 Å². The molecule has 1 fully saturated rings. The summed E-state index contributed by atoms with van der Waals surface area (Å²) in [5, 5.41) is 2.47. The first-order valence-electron chi connectivity index (χ1n) is 5.78. The zero-order chi connectivity index (χ0) is 14.0. The molecule has 0 radical (unpaired) electrons. The molecule has 1 aromatic rings. The predicted octanol–water partition coefficient (Wildman–Crippen LogP) is 2.16. The Bertz CT molecular complexity index is 574. The quantitative estimate of drug-likeness (QED) is 0.834. The van der Waals surface area contributed by atoms with Gasteiger partial charge in [0, 0.05) is 12.6 Å². The normalized spacial score (nSPS) is 19.8. The summed E-state index contributed by atoms with van der Waals surface area (Å²) >= 11 is 11.2. The van der Waals surface area contributed by atoms with Crippen LogP contribution in [0, 0.1) is 5.82 Å². The van der Waals surface area contributed by atoms with Crippen molar-refractivity contribution in [3.63, 3.8) is 0 Å². The van der Waals surface area contributed by atoms with Crippen LogP contribution in [-0.2, 0) is 10.0 Å². The fourth-order valence-corrected chi connectivity index (χ4v) is 3.76. The summed E-state index contributed by atoms with van der Waals surface area (Å²) in [6.07, 6.45) is 1.92. The Morgan fingerprint density at radius 1 is 1.42 bits per heavy atom. The van der Waals surface area contributed by atoms with E-state index in [4.69, 9.17) is 23.2 Å². The van der Waals surface area contributed by atoms with Gasteiger partial charge in [0.1, 0.15) is 4.90 Å². The maximum Gasteiger partial charge on any atom is 0.242 e. The molecule has 8 heteroatoms. The molecule has 1 saturated heterocycles. The molecular formula is C11H13Cl2FN2O2S. The van der Waals surface area contributed by atoms with E-state index in [-0.39, 0.29) is 22.5 Å². The van der Waals surface area contributed by atoms with Crippen LogP contribution in [0.2, 0.25) is 10.0 Å². The molecule has 0 amide bonds. The lowest BCUT2D eigenvalue weighted by atomic mass is 10.2. The van der Waals surface area contributed by atoms with Crippen LogP contribution in [0.15, 0.2) is 17.0 Å². The van der Waals surface area contributed by atoms with Crippen molar-refractivity contribution in [3.8, 4) is 0 Å². The van der Waals surface area contributed by atoms with Crippen LogP contribution >= 0.6 is 23.2 Å². The second-order valence-electron chi connectivity index (χ2n) is 4.32. The molecule has 2 rings (SSSR count). The number of halogens is 3. The third-order valence-electron chi connectivity index (χ3n) is 2.97. The highest BCUT2D eigenvalue weighted by Gasteiger charge is 2.23. The van der Waals surface area contributed by atoms with E-state index < -0.39 is 20.9 Å². The Kier molecular flexibility index (Phi) is 4.68. The Morgan fingerprint density at radius 2 is 2.16 bits per heavy atom. The first-order chi connectivity index (χ1) is 8.92. The monoisotopic (exact) mass is 326 g/mol. The van der Waals surface area contributed by atoms with Gasteiger partial charge in [0.2, 0.25) is 10.0 Å². The first-order valence-corrected chi connectivity index (χ1v) is 8.02. The minimum Gasteiger partial charge on any atom is -0.313 e. The Labute approximate surface area is 121 Å². The van der Waals surface area contributed by atoms with Crippen molar-refractivity contribution >= 4 is 33.2 Å². The standard InChI is InChI=1S/C11H13Cl2FN2O2S/c12-8-3-4-9(10(13)11(8)14)19(17,18)16-6-7-2-1-5-15-7/h3-4,7,15-16H,1-2,5-6H2. The molecule has 19 heavy (non-hydrogen) atoms. The first kappa shape index (κ1) is 15.0. The summed E-state index contributed by atoms with van der Waals surface area (Å²) in [5.41, 5.74) is 0. The highest BCUT2D eigenvalue weighted by molar-refractivity contribution is 7.89. The molecule has 1 aliphatic heterocycles. The number of rotatable bonds is 4. The topological polar surface area (TPSA) is 58.2 Å². The van der Waals surface area contributed by atoms with Gasteiger partial charge >= 0.3 is 0 Å². The number of hydrogen-bond acceptors (Lipinski definition) is 3. The van der Waals surface area contributed by atoms with E-state index in [9.17, 15) is 12.8 Å². The molecule has 0 saturated carbocycles. The van der Waals surface area contributed by atoms with E-state index in [1.165, 1.54) is 12.1 Å². The van der Waals surface area contributed by atoms with E-state index in [0.717, 1.165) is 19.4 Å². The zero-order valence-electron chi connectivity index (χ0n) is 9.92. The maximum atomic E-state index is 13.5. The van der Waals surface area contributed by atoms with Gasteiger partial charge in [-0.15, -0.1) is 0 Å². The second kappa shape index (κ2) is 5.93. The number of sulfonamides is 1. The summed E-state index contributed by atoms with van der Waals surface area (Å²) in [6.45, 7) is 1.13. The highest BCUT2D eigenvalue weighted by Crippen LogP contribution is 2.29. The highest BCUT2D eigenvalue weighted by atomic mass is 35.5. The van der Waals surface area contributed by atoms with Crippen molar-refractivity contribution in [1.29, 1.82) is 0 Å². The average Bonchev–Trinajstić information content (AvgIpc) is 2.86. The van der Waals surface area contributed by atoms with Crippen molar-refractivity contribution in [3.05, 3.63) is 28.0 Å². The van der Waals surface area contributed by atoms with E-state index >= 15 is 0 Å². The van der Waals surface area contributed by atoms with Gasteiger partial charge in [-0.3, -0.25) is 0 Å². The summed E-state index contributed by atoms with van der Waals surface area (Å²) < 4.78 is 40.0. The van der Waals surface area contributed by atoms with Crippen LogP contribution in [0.25, 0.3) is 0 Å². The Balaban J connectivity index is 2.17. The fourth-order valence-electron chi connectivity index (χ4n) is 1.93. The van der Waals surface area contributed by atoms with E-state index in [1.807, 2.05) is 0 Å². The van der Waals surface area contributed by atoms with E-state index in [0.29, 0.717) is 0 Å². The molecule has 0 aromatic heterocycles. The van der Waals surface area contributed by atoms with Crippen LogP contribution in [-0.4, -0.2) is 27.5 Å². The third-order valence-corrected chi connectivity index (χ3v) is 5.21. The maximum absolute atomic E-state index is 13.5. The molecule has 2 N–H and O–H groups in total. The van der Waals surface area contributed by atoms with E-state index in [2.05, 4.69) is 10.0 Å². The van der Waals surface area contributed by atoms with Crippen molar-refractivity contribution in [2.75, 3.05) is 13.1 Å². The molecule has 4 nitrogen and oxygen atoms in total. The van der Waals surface area contributed by atoms with Gasteiger partial charge in [-0.1, -0.05) is 23.2 Å². The predicted molar refractivity (Wildman–Crippen MR) is 72.6 cm³/mol. The van der Waals surface area contributed by atoms with Crippen LogP contribution in [0.3, 0.4) is 0 Å². The van der Waals surface area contributed by atoms with E-state index in [1.54, 1.807) is 0 Å². The minimum absolute atomic E-state index is 0.102. The summed E-state index contributed by atoms with van der Waals surface area (Å²) in [6, 6.07) is 2.47. The molecule has 0 bridgehead atoms. The van der Waals surface area contributed by atoms with Crippen LogP contribution < -0.4 is 10.0 Å². The largest absolute Gasteiger partial charge is 0.313 e. The summed E-state index contributed by atoms with van der Waals surface area (Å²) in [4.78, 5) is -0.297. The summed E-state index contributed by atoms with van der Waals surface area (Å²) in [5.74, 6) is -0.926. The average molecular weight is 327 g/mol. The lowest BCUT2D eigenvalue weighted by Crippen LogP contribution is -2.37. The summed E-state index contributed by atoms with van der Waals surface area (Å²) in [7, 11) is -3.84. The van der Waals surface area contributed by atoms with Gasteiger partial charge in [-0.2, -0.15) is 0 Å². The lowest BCUT2D eigenvalue weighted by molar-refractivity contribution is 0.550. The Morgan fingerprint density at radius 3 is 2.79 bits per heavy atom. The van der Waals surface area contributed by atoms with Crippen molar-refractivity contribution < 1.29 is 12.8 Å². The second-order valence-corrected chi connectivity index (χ2v) is 6.84. The smallest absolute Gasteiger partial charge is 0.242 e. The number of benzene rings is 1. The van der Waals surface area contributed by atoms with Crippen LogP contribution in [0.4, 0.5) is 4.39 Å². The van der Waals surface area contributed by atoms with Crippen LogP contribution in [0.5, 0.6) is 0 Å². The van der Waals surface area contributed by atoms with Crippen molar-refractivity contribution in [1.82, 2.24) is 10.0 Å². The molecular weight excluding hydrogens is 314 g/mol. The minimum atomic E-state index is -3.84. The molecule has 0 spiro atoms. The molecule has 1 heterocycles. The van der Waals surface area contributed by atoms with Gasteiger partial charge < -0.3 is 5.32 Å². The zero-order valence-corrected chi connectivity index (χ0v) is 12.2. The van der Waals surface area contributed by atoms with Gasteiger partial charge in [0.15, 0.2) is 5.82 Å². The molecule has 1 unspecified atom stereocenters. The molecule has 0 aliphatic carbocycles. The van der Waals surface area contributed by atoms with Gasteiger partial charge in [0.05, 0.1) is 10.0 Å². The van der Waals surface area contributed by atoms with Gasteiger partial charge in [-0.05, 0) is 31.5 Å². The molecule has 1 aromatic carbocycles. The SMILES string of the molecule is O=S(=O)(NCC1CCCN1)c1ccc(Cl)c(F)c1Cl. The third kappa shape index (κ3) is 3.38. The van der Waals surface area contributed by atoms with Gasteiger partial charge in [-0.25, -0.2) is 17.5 Å².